The monoisotopic (exact) mass is 414 g/mol. The summed E-state index contributed by atoms with van der Waals surface area (Å²) in [6, 6.07) is 10.9. The predicted molar refractivity (Wildman–Crippen MR) is 117 cm³/mol. The highest BCUT2D eigenvalue weighted by Crippen LogP contribution is 2.48. The minimum absolute atomic E-state index is 0.0611. The number of hydrogen-bond donors (Lipinski definition) is 2. The fraction of sp³-hybridized carbons (Fsp3) is 0.435. The standard InChI is InChI=1S/C23H30N2O3S/c1-6-18(5)24-22(26)23(11-12-23)19-7-9-20(10-8-19)25-29(27,28)21-14-16(3)15(2)13-17(21)4/h7-10,13-14,18,25H,6,11-12H2,1-5H3,(H,24,26)/t18-/m0/s1. The van der Waals surface area contributed by atoms with Crippen LogP contribution >= 0.6 is 0 Å². The summed E-state index contributed by atoms with van der Waals surface area (Å²) in [4.78, 5) is 13.0. The molecule has 1 aliphatic carbocycles. The van der Waals surface area contributed by atoms with Crippen LogP contribution < -0.4 is 10.0 Å². The van der Waals surface area contributed by atoms with Gasteiger partial charge in [0.1, 0.15) is 0 Å². The molecule has 1 amide bonds. The van der Waals surface area contributed by atoms with Gasteiger partial charge in [-0.15, -0.1) is 0 Å². The molecule has 156 valence electrons. The van der Waals surface area contributed by atoms with E-state index in [1.165, 1.54) is 0 Å². The Morgan fingerprint density at radius 2 is 1.62 bits per heavy atom. The number of amides is 1. The molecule has 0 radical (unpaired) electrons. The van der Waals surface area contributed by atoms with Gasteiger partial charge in [0.25, 0.3) is 10.0 Å². The highest BCUT2D eigenvalue weighted by molar-refractivity contribution is 7.92. The van der Waals surface area contributed by atoms with Gasteiger partial charge in [0, 0.05) is 11.7 Å². The number of anilines is 1. The van der Waals surface area contributed by atoms with Crippen LogP contribution in [0.3, 0.4) is 0 Å². The summed E-state index contributed by atoms with van der Waals surface area (Å²) in [5.74, 6) is 0.0611. The van der Waals surface area contributed by atoms with E-state index in [-0.39, 0.29) is 16.8 Å². The van der Waals surface area contributed by atoms with Crippen molar-refractivity contribution < 1.29 is 13.2 Å². The minimum Gasteiger partial charge on any atom is -0.353 e. The molecular formula is C23H30N2O3S. The molecular weight excluding hydrogens is 384 g/mol. The largest absolute Gasteiger partial charge is 0.353 e. The van der Waals surface area contributed by atoms with Crippen LogP contribution in [0.4, 0.5) is 5.69 Å². The van der Waals surface area contributed by atoms with Crippen molar-refractivity contribution in [2.24, 2.45) is 0 Å². The lowest BCUT2D eigenvalue weighted by atomic mass is 9.94. The lowest BCUT2D eigenvalue weighted by molar-refractivity contribution is -0.124. The van der Waals surface area contributed by atoms with E-state index in [9.17, 15) is 13.2 Å². The first kappa shape index (κ1) is 21.4. The molecule has 0 spiro atoms. The zero-order chi connectivity index (χ0) is 21.4. The third-order valence-electron chi connectivity index (χ3n) is 5.95. The van der Waals surface area contributed by atoms with Gasteiger partial charge in [-0.1, -0.05) is 25.1 Å². The first-order chi connectivity index (χ1) is 13.6. The molecule has 0 aromatic heterocycles. The van der Waals surface area contributed by atoms with Gasteiger partial charge < -0.3 is 5.32 Å². The van der Waals surface area contributed by atoms with E-state index in [1.807, 2.05) is 45.9 Å². The number of hydrogen-bond acceptors (Lipinski definition) is 3. The third kappa shape index (κ3) is 4.32. The zero-order valence-electron chi connectivity index (χ0n) is 17.8. The summed E-state index contributed by atoms with van der Waals surface area (Å²) >= 11 is 0. The summed E-state index contributed by atoms with van der Waals surface area (Å²) < 4.78 is 28.4. The average Bonchev–Trinajstić information content (AvgIpc) is 3.46. The van der Waals surface area contributed by atoms with Gasteiger partial charge in [0.05, 0.1) is 10.3 Å². The van der Waals surface area contributed by atoms with E-state index >= 15 is 0 Å². The van der Waals surface area contributed by atoms with Crippen molar-refractivity contribution in [2.75, 3.05) is 4.72 Å². The molecule has 2 N–H and O–H groups in total. The van der Waals surface area contributed by atoms with E-state index in [4.69, 9.17) is 0 Å². The molecule has 0 unspecified atom stereocenters. The van der Waals surface area contributed by atoms with E-state index in [0.717, 1.165) is 41.5 Å². The maximum atomic E-state index is 12.9. The van der Waals surface area contributed by atoms with E-state index in [1.54, 1.807) is 25.1 Å². The van der Waals surface area contributed by atoms with Gasteiger partial charge in [0.15, 0.2) is 0 Å². The van der Waals surface area contributed by atoms with Crippen molar-refractivity contribution in [3.8, 4) is 0 Å². The van der Waals surface area contributed by atoms with E-state index < -0.39 is 15.4 Å². The van der Waals surface area contributed by atoms with Crippen molar-refractivity contribution in [1.82, 2.24) is 5.32 Å². The normalized spacial score (nSPS) is 16.2. The molecule has 2 aromatic carbocycles. The van der Waals surface area contributed by atoms with Gasteiger partial charge in [0.2, 0.25) is 5.91 Å². The van der Waals surface area contributed by atoms with Crippen LogP contribution in [0.1, 0.15) is 55.4 Å². The number of benzene rings is 2. The fourth-order valence-corrected chi connectivity index (χ4v) is 4.90. The Balaban J connectivity index is 1.79. The summed E-state index contributed by atoms with van der Waals surface area (Å²) in [6.07, 6.45) is 2.53. The second-order valence-electron chi connectivity index (χ2n) is 8.25. The van der Waals surface area contributed by atoms with E-state index in [0.29, 0.717) is 5.69 Å². The molecule has 5 nitrogen and oxygen atoms in total. The molecule has 3 rings (SSSR count). The highest BCUT2D eigenvalue weighted by Gasteiger charge is 2.51. The Morgan fingerprint density at radius 3 is 2.17 bits per heavy atom. The summed E-state index contributed by atoms with van der Waals surface area (Å²) in [7, 11) is -3.68. The van der Waals surface area contributed by atoms with Crippen LogP contribution in [0.2, 0.25) is 0 Å². The van der Waals surface area contributed by atoms with Crippen LogP contribution in [-0.4, -0.2) is 20.4 Å². The predicted octanol–water partition coefficient (Wildman–Crippen LogP) is 4.36. The molecule has 1 fully saturated rings. The number of carbonyl (C=O) groups excluding carboxylic acids is 1. The molecule has 2 aromatic rings. The molecule has 1 saturated carbocycles. The summed E-state index contributed by atoms with van der Waals surface area (Å²) in [6.45, 7) is 9.72. The van der Waals surface area contributed by atoms with Crippen molar-refractivity contribution in [1.29, 1.82) is 0 Å². The lowest BCUT2D eigenvalue weighted by Crippen LogP contribution is -2.39. The van der Waals surface area contributed by atoms with Crippen LogP contribution in [-0.2, 0) is 20.2 Å². The van der Waals surface area contributed by atoms with Crippen LogP contribution in [0.15, 0.2) is 41.3 Å². The van der Waals surface area contributed by atoms with Gasteiger partial charge in [-0.25, -0.2) is 8.42 Å². The molecule has 0 heterocycles. The van der Waals surface area contributed by atoms with Gasteiger partial charge in [-0.2, -0.15) is 0 Å². The molecule has 1 atom stereocenters. The fourth-order valence-electron chi connectivity index (χ4n) is 3.53. The number of sulfonamides is 1. The molecule has 0 aliphatic heterocycles. The third-order valence-corrected chi connectivity index (χ3v) is 7.47. The van der Waals surface area contributed by atoms with Crippen molar-refractivity contribution in [3.63, 3.8) is 0 Å². The Hall–Kier alpha value is -2.34. The molecule has 29 heavy (non-hydrogen) atoms. The first-order valence-electron chi connectivity index (χ1n) is 10.1. The maximum Gasteiger partial charge on any atom is 0.262 e. The molecule has 6 heteroatoms. The van der Waals surface area contributed by atoms with Gasteiger partial charge in [-0.05, 0) is 87.4 Å². The molecule has 0 bridgehead atoms. The van der Waals surface area contributed by atoms with Crippen LogP contribution in [0.25, 0.3) is 0 Å². The zero-order valence-corrected chi connectivity index (χ0v) is 18.6. The lowest BCUT2D eigenvalue weighted by Gasteiger charge is -2.19. The second kappa shape index (κ2) is 7.82. The van der Waals surface area contributed by atoms with Crippen LogP contribution in [0, 0.1) is 20.8 Å². The van der Waals surface area contributed by atoms with Crippen molar-refractivity contribution in [2.45, 2.75) is 70.2 Å². The number of nitrogens with one attached hydrogen (secondary N) is 2. The quantitative estimate of drug-likeness (QED) is 0.707. The summed E-state index contributed by atoms with van der Waals surface area (Å²) in [5.41, 5.74) is 3.68. The molecule has 0 saturated heterocycles. The summed E-state index contributed by atoms with van der Waals surface area (Å²) in [5, 5.41) is 3.07. The first-order valence-corrected chi connectivity index (χ1v) is 11.6. The van der Waals surface area contributed by atoms with Gasteiger partial charge >= 0.3 is 0 Å². The number of carbonyl (C=O) groups is 1. The Bertz CT molecular complexity index is 1020. The SMILES string of the molecule is CC[C@H](C)NC(=O)C1(c2ccc(NS(=O)(=O)c3cc(C)c(C)cc3C)cc2)CC1. The Morgan fingerprint density at radius 1 is 1.03 bits per heavy atom. The maximum absolute atomic E-state index is 12.9. The molecule has 1 aliphatic rings. The van der Waals surface area contributed by atoms with Crippen LogP contribution in [0.5, 0.6) is 0 Å². The number of rotatable bonds is 7. The highest BCUT2D eigenvalue weighted by atomic mass is 32.2. The Kier molecular flexibility index (Phi) is 5.77. The Labute approximate surface area is 174 Å². The smallest absolute Gasteiger partial charge is 0.262 e. The van der Waals surface area contributed by atoms with Gasteiger partial charge in [-0.3, -0.25) is 9.52 Å². The van der Waals surface area contributed by atoms with Crippen molar-refractivity contribution in [3.05, 3.63) is 58.7 Å². The van der Waals surface area contributed by atoms with E-state index in [2.05, 4.69) is 10.0 Å². The average molecular weight is 415 g/mol. The number of aryl methyl sites for hydroxylation is 3. The second-order valence-corrected chi connectivity index (χ2v) is 9.90. The van der Waals surface area contributed by atoms with Crippen molar-refractivity contribution >= 4 is 21.6 Å². The minimum atomic E-state index is -3.68. The topological polar surface area (TPSA) is 75.3 Å².